The van der Waals surface area contributed by atoms with E-state index in [1.165, 1.54) is 0 Å². The van der Waals surface area contributed by atoms with Crippen molar-refractivity contribution in [2.45, 2.75) is 20.3 Å². The van der Waals surface area contributed by atoms with Crippen molar-refractivity contribution < 1.29 is 4.79 Å². The number of ketones is 1. The summed E-state index contributed by atoms with van der Waals surface area (Å²) in [6.45, 7) is 6.11. The summed E-state index contributed by atoms with van der Waals surface area (Å²) in [6, 6.07) is 5.38. The van der Waals surface area contributed by atoms with Crippen LogP contribution in [0.1, 0.15) is 30.6 Å². The molecule has 2 nitrogen and oxygen atoms in total. The van der Waals surface area contributed by atoms with Crippen LogP contribution >= 0.6 is 27.5 Å². The lowest BCUT2D eigenvalue weighted by molar-refractivity contribution is 0.0967. The van der Waals surface area contributed by atoms with Gasteiger partial charge in [-0.3, -0.25) is 4.79 Å². The van der Waals surface area contributed by atoms with E-state index in [9.17, 15) is 4.79 Å². The Morgan fingerprint density at radius 3 is 2.67 bits per heavy atom. The van der Waals surface area contributed by atoms with E-state index in [-0.39, 0.29) is 5.78 Å². The summed E-state index contributed by atoms with van der Waals surface area (Å²) in [5, 5.41) is 0.515. The minimum atomic E-state index is 0.100. The molecule has 0 spiro atoms. The van der Waals surface area contributed by atoms with E-state index in [1.54, 1.807) is 12.1 Å². The van der Waals surface area contributed by atoms with Gasteiger partial charge in [0.15, 0.2) is 5.78 Å². The topological polar surface area (TPSA) is 20.3 Å². The highest BCUT2D eigenvalue weighted by atomic mass is 79.9. The first kappa shape index (κ1) is 15.7. The SMILES string of the molecule is CC(C)CN(C)CCC(=O)c1ccc(Br)cc1Cl. The number of hydrogen-bond acceptors (Lipinski definition) is 2. The molecule has 1 aromatic rings. The molecule has 4 heteroatoms. The molecule has 0 saturated carbocycles. The quantitative estimate of drug-likeness (QED) is 0.725. The Labute approximate surface area is 122 Å². The second-order valence-corrected chi connectivity index (χ2v) is 6.28. The minimum Gasteiger partial charge on any atom is -0.306 e. The highest BCUT2D eigenvalue weighted by Crippen LogP contribution is 2.22. The van der Waals surface area contributed by atoms with Crippen molar-refractivity contribution >= 4 is 33.3 Å². The van der Waals surface area contributed by atoms with Gasteiger partial charge in [-0.05, 0) is 31.2 Å². The van der Waals surface area contributed by atoms with E-state index in [1.807, 2.05) is 13.1 Å². The molecular weight excluding hydrogens is 314 g/mol. The number of benzene rings is 1. The van der Waals surface area contributed by atoms with Gasteiger partial charge in [0.25, 0.3) is 0 Å². The number of nitrogens with zero attached hydrogens (tertiary/aromatic N) is 1. The minimum absolute atomic E-state index is 0.100. The molecule has 0 amide bonds. The number of rotatable bonds is 6. The number of carbonyl (C=O) groups excluding carboxylic acids is 1. The van der Waals surface area contributed by atoms with E-state index in [0.717, 1.165) is 17.6 Å². The van der Waals surface area contributed by atoms with Crippen LogP contribution in [-0.4, -0.2) is 30.8 Å². The lowest BCUT2D eigenvalue weighted by Gasteiger charge is -2.18. The average Bonchev–Trinajstić information content (AvgIpc) is 2.25. The molecule has 100 valence electrons. The zero-order valence-electron chi connectivity index (χ0n) is 11.0. The molecule has 0 N–H and O–H groups in total. The molecule has 1 aromatic carbocycles. The maximum atomic E-state index is 12.0. The Bertz CT molecular complexity index is 420. The van der Waals surface area contributed by atoms with E-state index in [2.05, 4.69) is 34.7 Å². The van der Waals surface area contributed by atoms with Crippen molar-refractivity contribution in [2.24, 2.45) is 5.92 Å². The molecule has 18 heavy (non-hydrogen) atoms. The third-order valence-corrected chi connectivity index (χ3v) is 3.43. The standard InChI is InChI=1S/C14H19BrClNO/c1-10(2)9-17(3)7-6-14(18)12-5-4-11(15)8-13(12)16/h4-5,8,10H,6-7,9H2,1-3H3. The fraction of sp³-hybridized carbons (Fsp3) is 0.500. The Morgan fingerprint density at radius 1 is 1.44 bits per heavy atom. The maximum Gasteiger partial charge on any atom is 0.165 e. The van der Waals surface area contributed by atoms with Gasteiger partial charge in [0.05, 0.1) is 5.02 Å². The lowest BCUT2D eigenvalue weighted by atomic mass is 10.1. The van der Waals surface area contributed by atoms with Crippen LogP contribution in [0.3, 0.4) is 0 Å². The van der Waals surface area contributed by atoms with Crippen LogP contribution in [0.25, 0.3) is 0 Å². The van der Waals surface area contributed by atoms with E-state index >= 15 is 0 Å². The first-order valence-corrected chi connectivity index (χ1v) is 7.24. The second kappa shape index (κ2) is 7.27. The predicted molar refractivity (Wildman–Crippen MR) is 80.4 cm³/mol. The number of halogens is 2. The number of Topliss-reactive ketones (excluding diaryl/α,β-unsaturated/α-hetero) is 1. The molecule has 0 bridgehead atoms. The molecule has 0 aliphatic carbocycles. The molecule has 0 aliphatic rings. The van der Waals surface area contributed by atoms with Crippen molar-refractivity contribution in [3.05, 3.63) is 33.3 Å². The second-order valence-electron chi connectivity index (χ2n) is 4.95. The number of carbonyl (C=O) groups is 1. The summed E-state index contributed by atoms with van der Waals surface area (Å²) in [5.74, 6) is 0.712. The molecule has 0 heterocycles. The van der Waals surface area contributed by atoms with Crippen LogP contribution in [0.15, 0.2) is 22.7 Å². The van der Waals surface area contributed by atoms with E-state index in [0.29, 0.717) is 22.9 Å². The predicted octanol–water partition coefficient (Wildman–Crippen LogP) is 4.26. The van der Waals surface area contributed by atoms with Gasteiger partial charge in [0.2, 0.25) is 0 Å². The molecule has 0 radical (unpaired) electrons. The van der Waals surface area contributed by atoms with Gasteiger partial charge in [-0.15, -0.1) is 0 Å². The summed E-state index contributed by atoms with van der Waals surface area (Å²) in [7, 11) is 2.04. The molecular formula is C14H19BrClNO. The first-order chi connectivity index (χ1) is 8.40. The Balaban J connectivity index is 2.55. The van der Waals surface area contributed by atoms with Gasteiger partial charge in [0, 0.05) is 29.5 Å². The molecule has 0 saturated heterocycles. The zero-order chi connectivity index (χ0) is 13.7. The fourth-order valence-corrected chi connectivity index (χ4v) is 2.64. The van der Waals surface area contributed by atoms with Crippen LogP contribution < -0.4 is 0 Å². The van der Waals surface area contributed by atoms with Gasteiger partial charge in [-0.25, -0.2) is 0 Å². The third kappa shape index (κ3) is 5.09. The summed E-state index contributed by atoms with van der Waals surface area (Å²) < 4.78 is 0.890. The summed E-state index contributed by atoms with van der Waals surface area (Å²) >= 11 is 9.39. The van der Waals surface area contributed by atoms with Gasteiger partial charge in [0.1, 0.15) is 0 Å². The maximum absolute atomic E-state index is 12.0. The summed E-state index contributed by atoms with van der Waals surface area (Å²) in [4.78, 5) is 14.2. The van der Waals surface area contributed by atoms with Crippen molar-refractivity contribution in [1.29, 1.82) is 0 Å². The highest BCUT2D eigenvalue weighted by molar-refractivity contribution is 9.10. The smallest absolute Gasteiger partial charge is 0.165 e. The van der Waals surface area contributed by atoms with Crippen LogP contribution in [0.4, 0.5) is 0 Å². The zero-order valence-corrected chi connectivity index (χ0v) is 13.4. The summed E-state index contributed by atoms with van der Waals surface area (Å²) in [6.07, 6.45) is 0.505. The van der Waals surface area contributed by atoms with Gasteiger partial charge >= 0.3 is 0 Å². The van der Waals surface area contributed by atoms with Crippen LogP contribution in [0.2, 0.25) is 5.02 Å². The molecule has 1 rings (SSSR count). The van der Waals surface area contributed by atoms with Crippen molar-refractivity contribution in [3.63, 3.8) is 0 Å². The first-order valence-electron chi connectivity index (χ1n) is 6.07. The Morgan fingerprint density at radius 2 is 2.11 bits per heavy atom. The average molecular weight is 333 g/mol. The lowest BCUT2D eigenvalue weighted by Crippen LogP contribution is -2.26. The van der Waals surface area contributed by atoms with Crippen molar-refractivity contribution in [2.75, 3.05) is 20.1 Å². The molecule has 0 aliphatic heterocycles. The molecule has 0 fully saturated rings. The van der Waals surface area contributed by atoms with E-state index in [4.69, 9.17) is 11.6 Å². The molecule has 0 unspecified atom stereocenters. The normalized spacial score (nSPS) is 11.3. The summed E-state index contributed by atoms with van der Waals surface area (Å²) in [5.41, 5.74) is 0.609. The molecule has 0 aromatic heterocycles. The Hall–Kier alpha value is -0.380. The van der Waals surface area contributed by atoms with Crippen LogP contribution in [0, 0.1) is 5.92 Å². The number of hydrogen-bond donors (Lipinski definition) is 0. The van der Waals surface area contributed by atoms with Crippen molar-refractivity contribution in [1.82, 2.24) is 4.90 Å². The fourth-order valence-electron chi connectivity index (χ4n) is 1.86. The van der Waals surface area contributed by atoms with Gasteiger partial charge < -0.3 is 4.90 Å². The third-order valence-electron chi connectivity index (χ3n) is 2.63. The van der Waals surface area contributed by atoms with Crippen LogP contribution in [-0.2, 0) is 0 Å². The monoisotopic (exact) mass is 331 g/mol. The van der Waals surface area contributed by atoms with Crippen LogP contribution in [0.5, 0.6) is 0 Å². The highest BCUT2D eigenvalue weighted by Gasteiger charge is 2.12. The Kier molecular flexibility index (Phi) is 6.33. The van der Waals surface area contributed by atoms with Gasteiger partial charge in [-0.2, -0.15) is 0 Å². The largest absolute Gasteiger partial charge is 0.306 e. The van der Waals surface area contributed by atoms with Crippen molar-refractivity contribution in [3.8, 4) is 0 Å². The molecule has 0 atom stereocenters. The van der Waals surface area contributed by atoms with E-state index < -0.39 is 0 Å². The van der Waals surface area contributed by atoms with Gasteiger partial charge in [-0.1, -0.05) is 41.4 Å².